The van der Waals surface area contributed by atoms with Crippen LogP contribution < -0.4 is 5.73 Å². The smallest absolute Gasteiger partial charge is 0.323 e. The number of carbonyl (C=O) groups is 2. The van der Waals surface area contributed by atoms with Gasteiger partial charge < -0.3 is 15.2 Å². The first-order valence-electron chi connectivity index (χ1n) is 8.31. The average molecular weight is 344 g/mol. The molecule has 6 nitrogen and oxygen atoms in total. The van der Waals surface area contributed by atoms with Gasteiger partial charge in [-0.25, -0.2) is 0 Å². The van der Waals surface area contributed by atoms with E-state index in [0.29, 0.717) is 18.6 Å². The van der Waals surface area contributed by atoms with Gasteiger partial charge in [0, 0.05) is 12.2 Å². The number of unbranched alkanes of at least 4 members (excludes halogenated alkanes) is 4. The van der Waals surface area contributed by atoms with E-state index in [1.165, 1.54) is 0 Å². The van der Waals surface area contributed by atoms with E-state index in [1.807, 2.05) is 0 Å². The summed E-state index contributed by atoms with van der Waals surface area (Å²) in [5.74, 6) is -0.561. The largest absolute Gasteiger partial charge is 0.465 e. The van der Waals surface area contributed by atoms with E-state index in [-0.39, 0.29) is 11.8 Å². The number of nitrogens with one attached hydrogen (secondary N) is 1. The predicted molar refractivity (Wildman–Crippen MR) is 91.3 cm³/mol. The number of nitrogens with two attached hydrogens (primary N) is 1. The predicted octanol–water partition coefficient (Wildman–Crippen LogP) is 2.84. The van der Waals surface area contributed by atoms with Crippen LogP contribution in [-0.2, 0) is 19.1 Å². The second kappa shape index (κ2) is 9.80. The highest BCUT2D eigenvalue weighted by Crippen LogP contribution is 2.41. The molecule has 2 atom stereocenters. The number of esters is 2. The number of rotatable bonds is 10. The summed E-state index contributed by atoms with van der Waals surface area (Å²) in [7, 11) is 0. The van der Waals surface area contributed by atoms with Crippen LogP contribution in [0, 0.1) is 10.8 Å². The number of thioether (sulfide) groups is 1. The third kappa shape index (κ3) is 5.71. The van der Waals surface area contributed by atoms with Gasteiger partial charge in [0.05, 0.1) is 6.61 Å². The van der Waals surface area contributed by atoms with Crippen molar-refractivity contribution in [3.63, 3.8) is 0 Å². The minimum Gasteiger partial charge on any atom is -0.465 e. The zero-order valence-corrected chi connectivity index (χ0v) is 14.9. The van der Waals surface area contributed by atoms with Crippen LogP contribution in [-0.4, -0.2) is 35.6 Å². The molecule has 0 amide bonds. The van der Waals surface area contributed by atoms with Crippen LogP contribution >= 0.6 is 11.8 Å². The van der Waals surface area contributed by atoms with Crippen LogP contribution in [0.2, 0.25) is 0 Å². The van der Waals surface area contributed by atoms with Gasteiger partial charge in [0.25, 0.3) is 0 Å². The van der Waals surface area contributed by atoms with Crippen molar-refractivity contribution in [1.29, 1.82) is 5.41 Å². The first-order valence-corrected chi connectivity index (χ1v) is 9.30. The Hall–Kier alpha value is -1.24. The average Bonchev–Trinajstić information content (AvgIpc) is 2.82. The number of hydrogen-bond acceptors (Lipinski definition) is 6. The third-order valence-electron chi connectivity index (χ3n) is 4.04. The molecular formula is C16H28N2O4S. The van der Waals surface area contributed by atoms with E-state index < -0.39 is 23.5 Å². The van der Waals surface area contributed by atoms with Crippen molar-refractivity contribution < 1.29 is 19.1 Å². The van der Waals surface area contributed by atoms with Crippen molar-refractivity contribution in [1.82, 2.24) is 0 Å². The maximum atomic E-state index is 12.4. The van der Waals surface area contributed by atoms with Gasteiger partial charge in [-0.1, -0.05) is 50.8 Å². The van der Waals surface area contributed by atoms with Crippen molar-refractivity contribution in [2.75, 3.05) is 12.4 Å². The number of ether oxygens (including phenoxy) is 2. The topological polar surface area (TPSA) is 102 Å². The van der Waals surface area contributed by atoms with Gasteiger partial charge in [0.2, 0.25) is 0 Å². The molecule has 1 rings (SSSR count). The van der Waals surface area contributed by atoms with E-state index in [1.54, 1.807) is 6.92 Å². The fourth-order valence-corrected chi connectivity index (χ4v) is 3.38. The molecule has 1 aliphatic heterocycles. The van der Waals surface area contributed by atoms with Crippen molar-refractivity contribution in [3.05, 3.63) is 0 Å². The van der Waals surface area contributed by atoms with Gasteiger partial charge in [-0.2, -0.15) is 0 Å². The Bertz CT molecular complexity index is 430. The molecule has 1 saturated heterocycles. The van der Waals surface area contributed by atoms with E-state index in [9.17, 15) is 9.59 Å². The SMILES string of the molecule is CCCCCCC[C@]1(C(=O)OCC)C[C@@H](CSC(=N)N)OC1=O. The Morgan fingerprint density at radius 1 is 1.39 bits per heavy atom. The molecule has 3 N–H and O–H groups in total. The zero-order valence-electron chi connectivity index (χ0n) is 14.1. The minimum atomic E-state index is -1.18. The molecule has 23 heavy (non-hydrogen) atoms. The molecule has 1 heterocycles. The molecule has 0 radical (unpaired) electrons. The summed E-state index contributed by atoms with van der Waals surface area (Å²) in [4.78, 5) is 24.8. The van der Waals surface area contributed by atoms with Gasteiger partial charge in [-0.3, -0.25) is 15.0 Å². The molecule has 0 aliphatic carbocycles. The van der Waals surface area contributed by atoms with Gasteiger partial charge in [0.1, 0.15) is 6.10 Å². The summed E-state index contributed by atoms with van der Waals surface area (Å²) < 4.78 is 10.5. The Morgan fingerprint density at radius 3 is 2.70 bits per heavy atom. The van der Waals surface area contributed by atoms with Crippen LogP contribution in [0.15, 0.2) is 0 Å². The lowest BCUT2D eigenvalue weighted by atomic mass is 9.79. The van der Waals surface area contributed by atoms with E-state index in [0.717, 1.165) is 43.9 Å². The third-order valence-corrected chi connectivity index (χ3v) is 4.89. The van der Waals surface area contributed by atoms with Crippen LogP contribution in [0.25, 0.3) is 0 Å². The highest BCUT2D eigenvalue weighted by Gasteiger charge is 2.55. The summed E-state index contributed by atoms with van der Waals surface area (Å²) >= 11 is 1.12. The van der Waals surface area contributed by atoms with Gasteiger partial charge >= 0.3 is 11.9 Å². The molecule has 1 fully saturated rings. The Balaban J connectivity index is 2.69. The van der Waals surface area contributed by atoms with Crippen molar-refractivity contribution in [3.8, 4) is 0 Å². The van der Waals surface area contributed by atoms with Gasteiger partial charge in [-0.15, -0.1) is 0 Å². The van der Waals surface area contributed by atoms with Gasteiger partial charge in [0.15, 0.2) is 10.6 Å². The lowest BCUT2D eigenvalue weighted by Gasteiger charge is -2.22. The molecule has 0 aromatic rings. The second-order valence-corrected chi connectivity index (χ2v) is 6.94. The minimum absolute atomic E-state index is 0.0192. The molecule has 0 bridgehead atoms. The second-order valence-electron chi connectivity index (χ2n) is 5.87. The summed E-state index contributed by atoms with van der Waals surface area (Å²) in [6, 6.07) is 0. The van der Waals surface area contributed by atoms with Crippen molar-refractivity contribution >= 4 is 28.9 Å². The van der Waals surface area contributed by atoms with Crippen LogP contribution in [0.5, 0.6) is 0 Å². The molecule has 0 aromatic heterocycles. The lowest BCUT2D eigenvalue weighted by Crippen LogP contribution is -2.37. The standard InChI is InChI=1S/C16H28N2O4S/c1-3-5-6-7-8-9-16(13(19)21-4-2)10-12(22-14(16)20)11-23-15(17)18/h12H,3-11H2,1-2H3,(H3,17,18)/t12-,16+/m0/s1. The maximum Gasteiger partial charge on any atom is 0.323 e. The number of cyclic esters (lactones) is 1. The molecule has 0 aromatic carbocycles. The number of hydrogen-bond donors (Lipinski definition) is 2. The number of carbonyl (C=O) groups excluding carboxylic acids is 2. The lowest BCUT2D eigenvalue weighted by molar-refractivity contribution is -0.165. The highest BCUT2D eigenvalue weighted by atomic mass is 32.2. The monoisotopic (exact) mass is 344 g/mol. The molecule has 0 unspecified atom stereocenters. The summed E-state index contributed by atoms with van der Waals surface area (Å²) in [5, 5.41) is 7.22. The summed E-state index contributed by atoms with van der Waals surface area (Å²) in [6.07, 6.45) is 5.61. The molecule has 0 saturated carbocycles. The maximum absolute atomic E-state index is 12.4. The molecule has 0 spiro atoms. The Kier molecular flexibility index (Phi) is 8.44. The van der Waals surface area contributed by atoms with E-state index in [4.69, 9.17) is 20.6 Å². The first kappa shape index (κ1) is 19.8. The van der Waals surface area contributed by atoms with E-state index in [2.05, 4.69) is 6.92 Å². The molecular weight excluding hydrogens is 316 g/mol. The van der Waals surface area contributed by atoms with Crippen molar-refractivity contribution in [2.24, 2.45) is 11.1 Å². The quantitative estimate of drug-likeness (QED) is 0.208. The van der Waals surface area contributed by atoms with Crippen LogP contribution in [0.1, 0.15) is 58.8 Å². The van der Waals surface area contributed by atoms with Gasteiger partial charge in [-0.05, 0) is 13.3 Å². The fraction of sp³-hybridized carbons (Fsp3) is 0.812. The zero-order chi connectivity index (χ0) is 17.3. The van der Waals surface area contributed by atoms with Crippen molar-refractivity contribution in [2.45, 2.75) is 64.9 Å². The summed E-state index contributed by atoms with van der Waals surface area (Å²) in [6.45, 7) is 4.12. The molecule has 1 aliphatic rings. The highest BCUT2D eigenvalue weighted by molar-refractivity contribution is 8.13. The molecule has 7 heteroatoms. The Labute approximate surface area is 142 Å². The fourth-order valence-electron chi connectivity index (χ4n) is 2.83. The van der Waals surface area contributed by atoms with Crippen LogP contribution in [0.4, 0.5) is 0 Å². The molecule has 132 valence electrons. The Morgan fingerprint density at radius 2 is 2.09 bits per heavy atom. The number of amidine groups is 1. The van der Waals surface area contributed by atoms with Crippen LogP contribution in [0.3, 0.4) is 0 Å². The summed E-state index contributed by atoms with van der Waals surface area (Å²) in [5.41, 5.74) is 4.14. The van der Waals surface area contributed by atoms with E-state index >= 15 is 0 Å². The first-order chi connectivity index (χ1) is 11.0. The normalized spacial score (nSPS) is 23.6.